The van der Waals surface area contributed by atoms with Gasteiger partial charge in [-0.25, -0.2) is 19.6 Å². The van der Waals surface area contributed by atoms with Crippen molar-refractivity contribution < 1.29 is 29.3 Å². The van der Waals surface area contributed by atoms with Crippen molar-refractivity contribution in [2.45, 2.75) is 6.61 Å². The van der Waals surface area contributed by atoms with E-state index in [1.54, 1.807) is 24.3 Å². The summed E-state index contributed by atoms with van der Waals surface area (Å²) in [4.78, 5) is 32.8. The van der Waals surface area contributed by atoms with Crippen LogP contribution in [-0.4, -0.2) is 39.2 Å². The monoisotopic (exact) mass is 430 g/mol. The van der Waals surface area contributed by atoms with E-state index >= 15 is 0 Å². The van der Waals surface area contributed by atoms with Crippen molar-refractivity contribution in [3.05, 3.63) is 83.7 Å². The van der Waals surface area contributed by atoms with Crippen LogP contribution in [0, 0.1) is 0 Å². The molecule has 4 aromatic rings. The van der Waals surface area contributed by atoms with Gasteiger partial charge in [-0.05, 0) is 29.8 Å². The van der Waals surface area contributed by atoms with Crippen molar-refractivity contribution in [3.8, 4) is 22.8 Å². The molecule has 160 valence electrons. The highest BCUT2D eigenvalue weighted by Gasteiger charge is 2.25. The number of methoxy groups -OCH3 is 1. The normalized spacial score (nSPS) is 10.7. The molecule has 0 aliphatic rings. The van der Waals surface area contributed by atoms with E-state index in [0.717, 1.165) is 5.56 Å². The van der Waals surface area contributed by atoms with E-state index in [0.29, 0.717) is 16.6 Å². The van der Waals surface area contributed by atoms with E-state index in [9.17, 15) is 19.8 Å². The Balaban J connectivity index is 1.91. The predicted octanol–water partition coefficient (Wildman–Crippen LogP) is 4.07. The van der Waals surface area contributed by atoms with E-state index in [2.05, 4.69) is 9.97 Å². The van der Waals surface area contributed by atoms with Crippen LogP contribution in [0.4, 0.5) is 0 Å². The molecule has 2 N–H and O–H groups in total. The Morgan fingerprint density at radius 3 is 2.41 bits per heavy atom. The van der Waals surface area contributed by atoms with Gasteiger partial charge in [0.25, 0.3) is 0 Å². The third-order valence-corrected chi connectivity index (χ3v) is 4.75. The fraction of sp³-hybridized carbons (Fsp3) is 0.0833. The summed E-state index contributed by atoms with van der Waals surface area (Å²) in [5.74, 6) is -2.05. The molecular weight excluding hydrogens is 412 g/mol. The van der Waals surface area contributed by atoms with Gasteiger partial charge in [-0.2, -0.15) is 0 Å². The van der Waals surface area contributed by atoms with Gasteiger partial charge in [0, 0.05) is 10.9 Å². The Bertz CT molecular complexity index is 1320. The van der Waals surface area contributed by atoms with Gasteiger partial charge in [0.15, 0.2) is 17.1 Å². The fourth-order valence-electron chi connectivity index (χ4n) is 3.25. The Morgan fingerprint density at radius 2 is 1.72 bits per heavy atom. The third kappa shape index (κ3) is 4.06. The highest BCUT2D eigenvalue weighted by atomic mass is 16.5. The number of nitrogens with zero attached hydrogens (tertiary/aromatic N) is 2. The minimum absolute atomic E-state index is 0.0499. The smallest absolute Gasteiger partial charge is 0.360 e. The summed E-state index contributed by atoms with van der Waals surface area (Å²) in [7, 11) is 1.18. The number of ether oxygens (including phenoxy) is 2. The van der Waals surface area contributed by atoms with E-state index in [1.807, 2.05) is 30.3 Å². The van der Waals surface area contributed by atoms with Gasteiger partial charge < -0.3 is 19.7 Å². The number of carboxylic acids is 1. The number of carbonyl (C=O) groups is 2. The van der Waals surface area contributed by atoms with Crippen LogP contribution in [0.15, 0.2) is 66.7 Å². The lowest BCUT2D eigenvalue weighted by molar-refractivity contribution is 0.0588. The lowest BCUT2D eigenvalue weighted by atomic mass is 10.1. The summed E-state index contributed by atoms with van der Waals surface area (Å²) >= 11 is 0. The third-order valence-electron chi connectivity index (χ3n) is 4.75. The van der Waals surface area contributed by atoms with Crippen molar-refractivity contribution in [1.82, 2.24) is 9.97 Å². The van der Waals surface area contributed by atoms with Crippen molar-refractivity contribution in [1.29, 1.82) is 0 Å². The molecule has 0 fully saturated rings. The SMILES string of the molecule is COC(=O)c1nc(C(=O)O)c2nc(-c3cccc(O)c3)ccc2c1OCc1ccccc1. The summed E-state index contributed by atoms with van der Waals surface area (Å²) in [6, 6.07) is 19.0. The molecule has 8 nitrogen and oxygen atoms in total. The number of aromatic carboxylic acids is 1. The first-order chi connectivity index (χ1) is 15.5. The van der Waals surface area contributed by atoms with Crippen molar-refractivity contribution in [2.75, 3.05) is 7.11 Å². The summed E-state index contributed by atoms with van der Waals surface area (Å²) in [5.41, 5.74) is 1.26. The quantitative estimate of drug-likeness (QED) is 0.440. The number of hydrogen-bond donors (Lipinski definition) is 2. The number of esters is 1. The molecule has 4 rings (SSSR count). The lowest BCUT2D eigenvalue weighted by Gasteiger charge is -2.15. The molecule has 8 heteroatoms. The first-order valence-electron chi connectivity index (χ1n) is 9.60. The molecule has 2 aromatic heterocycles. The van der Waals surface area contributed by atoms with Crippen LogP contribution in [-0.2, 0) is 11.3 Å². The largest absolute Gasteiger partial charge is 0.508 e. The number of carboxylic acid groups (broad SMARTS) is 1. The zero-order chi connectivity index (χ0) is 22.7. The standard InChI is InChI=1S/C24H18N2O6/c1-31-24(30)21-22(32-13-14-6-3-2-4-7-14)17-10-11-18(15-8-5-9-16(27)12-15)25-19(17)20(26-21)23(28)29/h2-12,27H,13H2,1H3,(H,28,29). The van der Waals surface area contributed by atoms with E-state index in [4.69, 9.17) is 9.47 Å². The predicted molar refractivity (Wildman–Crippen MR) is 116 cm³/mol. The Kier molecular flexibility index (Phi) is 5.67. The van der Waals surface area contributed by atoms with E-state index < -0.39 is 17.6 Å². The van der Waals surface area contributed by atoms with Crippen LogP contribution in [0.1, 0.15) is 26.5 Å². The van der Waals surface area contributed by atoms with Crippen LogP contribution >= 0.6 is 0 Å². The summed E-state index contributed by atoms with van der Waals surface area (Å²) in [5, 5.41) is 19.8. The summed E-state index contributed by atoms with van der Waals surface area (Å²) < 4.78 is 10.7. The van der Waals surface area contributed by atoms with Gasteiger partial charge in [0.2, 0.25) is 0 Å². The number of rotatable bonds is 6. The maximum atomic E-state index is 12.4. The van der Waals surface area contributed by atoms with Gasteiger partial charge in [0.1, 0.15) is 17.9 Å². The molecule has 0 radical (unpaired) electrons. The first-order valence-corrected chi connectivity index (χ1v) is 9.60. The van der Waals surface area contributed by atoms with E-state index in [-0.39, 0.29) is 29.3 Å². The molecule has 32 heavy (non-hydrogen) atoms. The number of carbonyl (C=O) groups excluding carboxylic acids is 1. The number of aromatic nitrogens is 2. The highest BCUT2D eigenvalue weighted by molar-refractivity contribution is 6.06. The zero-order valence-electron chi connectivity index (χ0n) is 17.0. The van der Waals surface area contributed by atoms with Crippen LogP contribution < -0.4 is 4.74 Å². The minimum Gasteiger partial charge on any atom is -0.508 e. The molecule has 0 aliphatic carbocycles. The number of phenols is 1. The molecule has 0 saturated heterocycles. The first kappa shape index (κ1) is 20.8. The molecule has 2 aromatic carbocycles. The maximum Gasteiger partial charge on any atom is 0.360 e. The molecule has 0 bridgehead atoms. The molecule has 0 atom stereocenters. The fourth-order valence-corrected chi connectivity index (χ4v) is 3.25. The number of aromatic hydroxyl groups is 1. The molecule has 2 heterocycles. The Morgan fingerprint density at radius 1 is 0.938 bits per heavy atom. The topological polar surface area (TPSA) is 119 Å². The van der Waals surface area contributed by atoms with Crippen molar-refractivity contribution in [3.63, 3.8) is 0 Å². The average molecular weight is 430 g/mol. The van der Waals surface area contributed by atoms with Gasteiger partial charge in [-0.15, -0.1) is 0 Å². The molecule has 0 aliphatic heterocycles. The lowest BCUT2D eigenvalue weighted by Crippen LogP contribution is -2.14. The van der Waals surface area contributed by atoms with Gasteiger partial charge in [-0.1, -0.05) is 42.5 Å². The summed E-state index contributed by atoms with van der Waals surface area (Å²) in [6.07, 6.45) is 0. The van der Waals surface area contributed by atoms with E-state index in [1.165, 1.54) is 19.2 Å². The van der Waals surface area contributed by atoms with Crippen LogP contribution in [0.3, 0.4) is 0 Å². The number of phenolic OH excluding ortho intramolecular Hbond substituents is 1. The van der Waals surface area contributed by atoms with Crippen LogP contribution in [0.2, 0.25) is 0 Å². The number of benzene rings is 2. The van der Waals surface area contributed by atoms with Crippen LogP contribution in [0.5, 0.6) is 11.5 Å². The van der Waals surface area contributed by atoms with Gasteiger partial charge in [-0.3, -0.25) is 0 Å². The van der Waals surface area contributed by atoms with Gasteiger partial charge >= 0.3 is 11.9 Å². The average Bonchev–Trinajstić information content (AvgIpc) is 2.81. The van der Waals surface area contributed by atoms with Crippen molar-refractivity contribution in [2.24, 2.45) is 0 Å². The molecule has 0 unspecified atom stereocenters. The Hall–Kier alpha value is -4.46. The minimum atomic E-state index is -1.35. The molecular formula is C24H18N2O6. The second kappa shape index (κ2) is 8.73. The molecule has 0 amide bonds. The molecule has 0 spiro atoms. The number of pyridine rings is 2. The Labute approximate surface area is 182 Å². The number of fused-ring (bicyclic) bond motifs is 1. The van der Waals surface area contributed by atoms with Crippen molar-refractivity contribution >= 4 is 22.8 Å². The zero-order valence-corrected chi connectivity index (χ0v) is 17.0. The molecule has 0 saturated carbocycles. The number of hydrogen-bond acceptors (Lipinski definition) is 7. The van der Waals surface area contributed by atoms with Crippen LogP contribution in [0.25, 0.3) is 22.2 Å². The second-order valence-electron chi connectivity index (χ2n) is 6.85. The maximum absolute atomic E-state index is 12.4. The van der Waals surface area contributed by atoms with Gasteiger partial charge in [0.05, 0.1) is 12.8 Å². The highest BCUT2D eigenvalue weighted by Crippen LogP contribution is 2.33. The summed E-state index contributed by atoms with van der Waals surface area (Å²) in [6.45, 7) is 0.127. The second-order valence-corrected chi connectivity index (χ2v) is 6.85.